The largest absolute Gasteiger partial charge is 0.444 e. The first-order chi connectivity index (χ1) is 12.0. The van der Waals surface area contributed by atoms with Gasteiger partial charge < -0.3 is 19.2 Å². The van der Waals surface area contributed by atoms with E-state index in [0.717, 1.165) is 10.9 Å². The van der Waals surface area contributed by atoms with Crippen LogP contribution in [0.1, 0.15) is 38.8 Å². The van der Waals surface area contributed by atoms with Gasteiger partial charge in [-0.1, -0.05) is 0 Å². The van der Waals surface area contributed by atoms with Gasteiger partial charge in [0.05, 0.1) is 0 Å². The first-order valence-corrected chi connectivity index (χ1v) is 8.23. The van der Waals surface area contributed by atoms with Crippen LogP contribution in [0.4, 0.5) is 4.79 Å². The number of ether oxygens (including phenoxy) is 2. The Hall–Kier alpha value is -2.83. The maximum atomic E-state index is 12.2. The highest BCUT2D eigenvalue weighted by molar-refractivity contribution is 5.85. The molecule has 2 aromatic rings. The number of amides is 1. The zero-order valence-electron chi connectivity index (χ0n) is 15.8. The first kappa shape index (κ1) is 19.5. The van der Waals surface area contributed by atoms with Crippen LogP contribution in [0.3, 0.4) is 0 Å². The molecule has 26 heavy (non-hydrogen) atoms. The number of benzene rings is 1. The smallest absolute Gasteiger partial charge is 0.408 e. The summed E-state index contributed by atoms with van der Waals surface area (Å²) in [4.78, 5) is 35.7. The molecule has 1 amide bonds. The highest BCUT2D eigenvalue weighted by Gasteiger charge is 2.22. The minimum atomic E-state index is -0.910. The Morgan fingerprint density at radius 3 is 2.42 bits per heavy atom. The Morgan fingerprint density at radius 1 is 1.15 bits per heavy atom. The van der Waals surface area contributed by atoms with Gasteiger partial charge in [0, 0.05) is 17.0 Å². The summed E-state index contributed by atoms with van der Waals surface area (Å²) in [6.07, 6.45) is -0.711. The van der Waals surface area contributed by atoms with Crippen LogP contribution in [0.5, 0.6) is 5.75 Å². The standard InChI is InChI=1S/C19H23NO6/c1-10-11(2)16(21)25-15-9-13(7-8-14(10)15)24-17(22)12(3)20-18(23)26-19(4,5)6/h7-9,12H,1-6H3,(H,20,23). The highest BCUT2D eigenvalue weighted by Crippen LogP contribution is 2.24. The molecule has 0 spiro atoms. The van der Waals surface area contributed by atoms with Gasteiger partial charge in [-0.15, -0.1) is 0 Å². The number of aryl methyl sites for hydroxylation is 1. The normalized spacial score (nSPS) is 12.5. The van der Waals surface area contributed by atoms with Gasteiger partial charge in [0.1, 0.15) is 23.0 Å². The van der Waals surface area contributed by atoms with E-state index < -0.39 is 29.3 Å². The van der Waals surface area contributed by atoms with Crippen molar-refractivity contribution in [3.63, 3.8) is 0 Å². The number of nitrogens with one attached hydrogen (secondary N) is 1. The molecule has 0 aliphatic heterocycles. The zero-order valence-corrected chi connectivity index (χ0v) is 15.8. The summed E-state index contributed by atoms with van der Waals surface area (Å²) in [5.41, 5.74) is 0.584. The van der Waals surface area contributed by atoms with Crippen LogP contribution in [0.25, 0.3) is 11.0 Å². The van der Waals surface area contributed by atoms with Crippen LogP contribution < -0.4 is 15.7 Å². The zero-order chi connectivity index (χ0) is 19.6. The first-order valence-electron chi connectivity index (χ1n) is 8.23. The third kappa shape index (κ3) is 4.62. The summed E-state index contributed by atoms with van der Waals surface area (Å²) in [5.74, 6) is -0.451. The minimum absolute atomic E-state index is 0.215. The van der Waals surface area contributed by atoms with Crippen molar-refractivity contribution in [1.29, 1.82) is 0 Å². The second kappa shape index (κ2) is 7.19. The molecule has 1 N–H and O–H groups in total. The van der Waals surface area contributed by atoms with E-state index in [1.807, 2.05) is 6.92 Å². The fourth-order valence-electron chi connectivity index (χ4n) is 2.24. The van der Waals surface area contributed by atoms with Gasteiger partial charge >= 0.3 is 17.7 Å². The Bertz CT molecular complexity index is 907. The van der Waals surface area contributed by atoms with Gasteiger partial charge in [0.2, 0.25) is 0 Å². The minimum Gasteiger partial charge on any atom is -0.444 e. The van der Waals surface area contributed by atoms with E-state index in [1.165, 1.54) is 13.0 Å². The number of carbonyl (C=O) groups is 2. The van der Waals surface area contributed by atoms with Crippen molar-refractivity contribution in [2.75, 3.05) is 0 Å². The van der Waals surface area contributed by atoms with Crippen molar-refractivity contribution in [3.05, 3.63) is 39.7 Å². The summed E-state index contributed by atoms with van der Waals surface area (Å²) in [6.45, 7) is 10.2. The van der Waals surface area contributed by atoms with Crippen LogP contribution >= 0.6 is 0 Å². The SMILES string of the molecule is Cc1c(C)c2ccc(OC(=O)C(C)NC(=O)OC(C)(C)C)cc2oc1=O. The van der Waals surface area contributed by atoms with Crippen LogP contribution in [0, 0.1) is 13.8 Å². The second-order valence-electron chi connectivity index (χ2n) is 7.09. The Balaban J connectivity index is 2.12. The van der Waals surface area contributed by atoms with Crippen molar-refractivity contribution in [2.45, 2.75) is 53.2 Å². The monoisotopic (exact) mass is 361 g/mol. The maximum Gasteiger partial charge on any atom is 0.408 e. The fourth-order valence-corrected chi connectivity index (χ4v) is 2.24. The lowest BCUT2D eigenvalue weighted by Gasteiger charge is -2.21. The van der Waals surface area contributed by atoms with E-state index in [0.29, 0.717) is 11.1 Å². The number of hydrogen-bond donors (Lipinski definition) is 1. The van der Waals surface area contributed by atoms with Gasteiger partial charge in [-0.2, -0.15) is 0 Å². The average Bonchev–Trinajstić information content (AvgIpc) is 2.50. The molecule has 2 rings (SSSR count). The molecule has 7 nitrogen and oxygen atoms in total. The summed E-state index contributed by atoms with van der Waals surface area (Å²) < 4.78 is 15.6. The lowest BCUT2D eigenvalue weighted by Crippen LogP contribution is -2.43. The van der Waals surface area contributed by atoms with Crippen LogP contribution in [0.15, 0.2) is 27.4 Å². The molecule has 140 valence electrons. The molecular formula is C19H23NO6. The Labute approximate surface area is 151 Å². The van der Waals surface area contributed by atoms with Gasteiger partial charge in [-0.3, -0.25) is 0 Å². The van der Waals surface area contributed by atoms with Crippen molar-refractivity contribution in [3.8, 4) is 5.75 Å². The molecule has 0 bridgehead atoms. The van der Waals surface area contributed by atoms with Gasteiger partial charge in [0.15, 0.2) is 0 Å². The maximum absolute atomic E-state index is 12.2. The summed E-state index contributed by atoms with van der Waals surface area (Å²) >= 11 is 0. The summed E-state index contributed by atoms with van der Waals surface area (Å²) in [5, 5.41) is 3.18. The van der Waals surface area contributed by atoms with E-state index in [1.54, 1.807) is 39.8 Å². The molecule has 0 radical (unpaired) electrons. The Morgan fingerprint density at radius 2 is 1.81 bits per heavy atom. The predicted octanol–water partition coefficient (Wildman–Crippen LogP) is 3.23. The molecule has 1 aromatic carbocycles. The molecule has 0 aliphatic carbocycles. The highest BCUT2D eigenvalue weighted by atomic mass is 16.6. The molecule has 0 saturated heterocycles. The van der Waals surface area contributed by atoms with E-state index in [2.05, 4.69) is 5.32 Å². The van der Waals surface area contributed by atoms with Crippen molar-refractivity contribution >= 4 is 23.0 Å². The topological polar surface area (TPSA) is 94.8 Å². The number of rotatable bonds is 3. The van der Waals surface area contributed by atoms with Crippen LogP contribution in [-0.4, -0.2) is 23.7 Å². The lowest BCUT2D eigenvalue weighted by molar-refractivity contribution is -0.136. The van der Waals surface area contributed by atoms with Crippen molar-refractivity contribution in [2.24, 2.45) is 0 Å². The van der Waals surface area contributed by atoms with Crippen LogP contribution in [0.2, 0.25) is 0 Å². The summed E-state index contributed by atoms with van der Waals surface area (Å²) in [6, 6.07) is 3.89. The number of alkyl carbamates (subject to hydrolysis) is 1. The van der Waals surface area contributed by atoms with E-state index in [9.17, 15) is 14.4 Å². The number of esters is 1. The quantitative estimate of drug-likeness (QED) is 0.512. The molecule has 1 aromatic heterocycles. The lowest BCUT2D eigenvalue weighted by atomic mass is 10.1. The summed E-state index contributed by atoms with van der Waals surface area (Å²) in [7, 11) is 0. The third-order valence-corrected chi connectivity index (χ3v) is 3.73. The van der Waals surface area contributed by atoms with Gasteiger partial charge in [-0.25, -0.2) is 14.4 Å². The Kier molecular flexibility index (Phi) is 5.39. The number of fused-ring (bicyclic) bond motifs is 1. The second-order valence-corrected chi connectivity index (χ2v) is 7.09. The molecule has 0 saturated carbocycles. The molecule has 1 atom stereocenters. The van der Waals surface area contributed by atoms with Crippen molar-refractivity contribution < 1.29 is 23.5 Å². The molecule has 1 unspecified atom stereocenters. The molecular weight excluding hydrogens is 338 g/mol. The van der Waals surface area contributed by atoms with Gasteiger partial charge in [0.25, 0.3) is 0 Å². The molecule has 1 heterocycles. The predicted molar refractivity (Wildman–Crippen MR) is 96.4 cm³/mol. The average molecular weight is 361 g/mol. The van der Waals surface area contributed by atoms with Crippen molar-refractivity contribution in [1.82, 2.24) is 5.32 Å². The number of carbonyl (C=O) groups excluding carboxylic acids is 2. The molecule has 0 fully saturated rings. The number of hydrogen-bond acceptors (Lipinski definition) is 6. The van der Waals surface area contributed by atoms with E-state index in [-0.39, 0.29) is 5.75 Å². The van der Waals surface area contributed by atoms with Crippen LogP contribution in [-0.2, 0) is 9.53 Å². The van der Waals surface area contributed by atoms with E-state index in [4.69, 9.17) is 13.9 Å². The fraction of sp³-hybridized carbons (Fsp3) is 0.421. The van der Waals surface area contributed by atoms with E-state index >= 15 is 0 Å². The third-order valence-electron chi connectivity index (χ3n) is 3.73. The van der Waals surface area contributed by atoms with Gasteiger partial charge in [-0.05, 0) is 59.2 Å². The molecule has 0 aliphatic rings. The molecule has 7 heteroatoms.